The van der Waals surface area contributed by atoms with Gasteiger partial charge in [-0.25, -0.2) is 9.97 Å². The van der Waals surface area contributed by atoms with Crippen molar-refractivity contribution >= 4 is 29.1 Å². The number of aromatic nitrogens is 4. The van der Waals surface area contributed by atoms with Crippen LogP contribution in [0.5, 0.6) is 0 Å². The van der Waals surface area contributed by atoms with E-state index in [1.54, 1.807) is 5.32 Å². The normalized spacial score (nSPS) is 12.8. The Morgan fingerprint density at radius 2 is 1.76 bits per heavy atom. The first kappa shape index (κ1) is 25.0. The fraction of sp³-hybridized carbons (Fsp3) is 0.211. The van der Waals surface area contributed by atoms with E-state index in [0.29, 0.717) is 12.1 Å². The van der Waals surface area contributed by atoms with E-state index in [1.807, 2.05) is 0 Å². The molecule has 0 aliphatic heterocycles. The molecule has 0 fully saturated rings. The van der Waals surface area contributed by atoms with Gasteiger partial charge in [-0.05, 0) is 37.3 Å². The molecule has 3 rings (SSSR count). The molecule has 0 aliphatic carbocycles. The van der Waals surface area contributed by atoms with Crippen LogP contribution in [-0.2, 0) is 11.0 Å². The zero-order valence-corrected chi connectivity index (χ0v) is 17.6. The summed E-state index contributed by atoms with van der Waals surface area (Å²) in [6.45, 7) is 1.48. The van der Waals surface area contributed by atoms with Gasteiger partial charge in [0.05, 0.1) is 23.5 Å². The Kier molecular flexibility index (Phi) is 6.82. The predicted molar refractivity (Wildman–Crippen MR) is 106 cm³/mol. The molecule has 2 heterocycles. The number of alkyl halides is 6. The summed E-state index contributed by atoms with van der Waals surface area (Å²) in [5.74, 6) is -2.84. The highest BCUT2D eigenvalue weighted by Gasteiger charge is 2.38. The third-order valence-corrected chi connectivity index (χ3v) is 4.49. The van der Waals surface area contributed by atoms with Crippen LogP contribution in [0.2, 0.25) is 5.02 Å². The second-order valence-electron chi connectivity index (χ2n) is 6.81. The highest BCUT2D eigenvalue weighted by atomic mass is 35.5. The van der Waals surface area contributed by atoms with Crippen LogP contribution >= 0.6 is 11.6 Å². The lowest BCUT2D eigenvalue weighted by molar-refractivity contribution is -0.167. The molecule has 34 heavy (non-hydrogen) atoms. The maximum Gasteiger partial charge on any atom is 0.471 e. The lowest BCUT2D eigenvalue weighted by Crippen LogP contribution is -2.30. The van der Waals surface area contributed by atoms with E-state index in [-0.39, 0.29) is 27.9 Å². The predicted octanol–water partition coefficient (Wildman–Crippen LogP) is 4.33. The van der Waals surface area contributed by atoms with E-state index < -0.39 is 35.8 Å². The topological polar surface area (TPSA) is 102 Å². The van der Waals surface area contributed by atoms with Crippen LogP contribution < -0.4 is 10.6 Å². The van der Waals surface area contributed by atoms with Gasteiger partial charge in [-0.3, -0.25) is 9.59 Å². The molecule has 15 heteroatoms. The number of benzene rings is 1. The molecule has 8 nitrogen and oxygen atoms in total. The number of hydrogen-bond donors (Lipinski definition) is 2. The number of rotatable bonds is 5. The van der Waals surface area contributed by atoms with Gasteiger partial charge in [-0.2, -0.15) is 36.1 Å². The average Bonchev–Trinajstić information content (AvgIpc) is 3.22. The summed E-state index contributed by atoms with van der Waals surface area (Å²) in [4.78, 5) is 31.4. The number of nitrogens with one attached hydrogen (secondary N) is 2. The first-order chi connectivity index (χ1) is 15.8. The van der Waals surface area contributed by atoms with Crippen molar-refractivity contribution in [2.24, 2.45) is 0 Å². The smallest absolute Gasteiger partial charge is 0.342 e. The van der Waals surface area contributed by atoms with Crippen molar-refractivity contribution in [3.8, 4) is 5.82 Å². The summed E-state index contributed by atoms with van der Waals surface area (Å²) in [5.41, 5.74) is -1.65. The van der Waals surface area contributed by atoms with Crippen LogP contribution in [-0.4, -0.2) is 37.7 Å². The van der Waals surface area contributed by atoms with Gasteiger partial charge in [0, 0.05) is 10.6 Å². The lowest BCUT2D eigenvalue weighted by Gasteiger charge is -2.15. The molecule has 0 aliphatic rings. The van der Waals surface area contributed by atoms with Crippen LogP contribution in [0.4, 0.5) is 32.0 Å². The Hall–Kier alpha value is -3.68. The molecule has 0 saturated carbocycles. The second-order valence-corrected chi connectivity index (χ2v) is 7.24. The Balaban J connectivity index is 1.77. The van der Waals surface area contributed by atoms with E-state index in [2.05, 4.69) is 20.4 Å². The number of nitrogens with zero attached hydrogens (tertiary/aromatic N) is 4. The SMILES string of the molecule is CC(NC(=O)c1cc(Cl)cc(C(F)(F)F)c1)c1ncnn1-c1ccc(NC(=O)C(F)(F)F)cn1. The zero-order valence-electron chi connectivity index (χ0n) is 16.9. The quantitative estimate of drug-likeness (QED) is 0.502. The van der Waals surface area contributed by atoms with E-state index in [1.165, 1.54) is 13.0 Å². The Morgan fingerprint density at radius 3 is 2.35 bits per heavy atom. The van der Waals surface area contributed by atoms with Crippen LogP contribution in [0.3, 0.4) is 0 Å². The maximum absolute atomic E-state index is 13.0. The number of anilines is 1. The first-order valence-electron chi connectivity index (χ1n) is 9.19. The first-order valence-corrected chi connectivity index (χ1v) is 9.56. The monoisotopic (exact) mass is 506 g/mol. The number of halogens is 7. The second kappa shape index (κ2) is 9.29. The molecule has 0 bridgehead atoms. The molecule has 0 saturated heterocycles. The molecule has 1 unspecified atom stereocenters. The summed E-state index contributed by atoms with van der Waals surface area (Å²) in [7, 11) is 0. The highest BCUT2D eigenvalue weighted by Crippen LogP contribution is 2.32. The summed E-state index contributed by atoms with van der Waals surface area (Å²) < 4.78 is 77.2. The number of carbonyl (C=O) groups excluding carboxylic acids is 2. The number of amides is 2. The van der Waals surface area contributed by atoms with E-state index in [0.717, 1.165) is 29.3 Å². The number of carbonyl (C=O) groups is 2. The Labute approximate surface area is 192 Å². The molecule has 2 amide bonds. The Morgan fingerprint density at radius 1 is 1.06 bits per heavy atom. The molecular formula is C19H13ClF6N6O2. The molecule has 2 aromatic heterocycles. The Bertz CT molecular complexity index is 1210. The van der Waals surface area contributed by atoms with Gasteiger partial charge in [-0.1, -0.05) is 11.6 Å². The fourth-order valence-corrected chi connectivity index (χ4v) is 2.97. The summed E-state index contributed by atoms with van der Waals surface area (Å²) in [6, 6.07) is 3.91. The highest BCUT2D eigenvalue weighted by molar-refractivity contribution is 6.31. The van der Waals surface area contributed by atoms with Crippen LogP contribution in [0.25, 0.3) is 5.82 Å². The number of hydrogen-bond acceptors (Lipinski definition) is 5. The molecule has 0 spiro atoms. The van der Waals surface area contributed by atoms with Crippen LogP contribution in [0.1, 0.15) is 34.7 Å². The fourth-order valence-electron chi connectivity index (χ4n) is 2.74. The van der Waals surface area contributed by atoms with Gasteiger partial charge in [0.15, 0.2) is 11.6 Å². The van der Waals surface area contributed by atoms with Crippen molar-refractivity contribution < 1.29 is 35.9 Å². The molecule has 3 aromatic rings. The maximum atomic E-state index is 13.0. The molecular weight excluding hydrogens is 494 g/mol. The van der Waals surface area contributed by atoms with Crippen molar-refractivity contribution in [2.75, 3.05) is 5.32 Å². The van der Waals surface area contributed by atoms with E-state index in [4.69, 9.17) is 11.6 Å². The van der Waals surface area contributed by atoms with E-state index >= 15 is 0 Å². The summed E-state index contributed by atoms with van der Waals surface area (Å²) in [5, 5.41) is 7.76. The molecule has 0 radical (unpaired) electrons. The molecule has 2 N–H and O–H groups in total. The van der Waals surface area contributed by atoms with E-state index in [9.17, 15) is 35.9 Å². The zero-order chi connectivity index (χ0) is 25.3. The lowest BCUT2D eigenvalue weighted by atomic mass is 10.1. The third kappa shape index (κ3) is 5.81. The van der Waals surface area contributed by atoms with Crippen molar-refractivity contribution in [3.05, 3.63) is 64.8 Å². The van der Waals surface area contributed by atoms with Gasteiger partial charge in [0.2, 0.25) is 0 Å². The molecule has 180 valence electrons. The minimum Gasteiger partial charge on any atom is -0.342 e. The summed E-state index contributed by atoms with van der Waals surface area (Å²) >= 11 is 5.71. The van der Waals surface area contributed by atoms with Crippen molar-refractivity contribution in [1.82, 2.24) is 25.1 Å². The van der Waals surface area contributed by atoms with Crippen LogP contribution in [0, 0.1) is 0 Å². The van der Waals surface area contributed by atoms with Crippen molar-refractivity contribution in [2.45, 2.75) is 25.3 Å². The minimum atomic E-state index is -5.07. The van der Waals surface area contributed by atoms with Crippen molar-refractivity contribution in [1.29, 1.82) is 0 Å². The minimum absolute atomic E-state index is 0.0840. The van der Waals surface area contributed by atoms with Crippen LogP contribution in [0.15, 0.2) is 42.9 Å². The molecule has 1 atom stereocenters. The van der Waals surface area contributed by atoms with Gasteiger partial charge >= 0.3 is 18.3 Å². The van der Waals surface area contributed by atoms with Gasteiger partial charge < -0.3 is 10.6 Å². The third-order valence-electron chi connectivity index (χ3n) is 4.28. The van der Waals surface area contributed by atoms with Gasteiger partial charge in [0.25, 0.3) is 5.91 Å². The number of pyridine rings is 1. The van der Waals surface area contributed by atoms with Gasteiger partial charge in [0.1, 0.15) is 6.33 Å². The largest absolute Gasteiger partial charge is 0.471 e. The van der Waals surface area contributed by atoms with Gasteiger partial charge in [-0.15, -0.1) is 0 Å². The molecule has 1 aromatic carbocycles. The standard InChI is InChI=1S/C19H13ClF6N6O2/c1-9(30-16(33)10-4-11(18(21,22)23)6-12(20)5-10)15-28-8-29-32(15)14-3-2-13(7-27-14)31-17(34)19(24,25)26/h2-9H,1H3,(H,30,33)(H,31,34). The average molecular weight is 507 g/mol. The summed E-state index contributed by atoms with van der Waals surface area (Å²) in [6.07, 6.45) is -7.71. The van der Waals surface area contributed by atoms with Crippen molar-refractivity contribution in [3.63, 3.8) is 0 Å².